The van der Waals surface area contributed by atoms with E-state index in [0.717, 1.165) is 10.5 Å². The fourth-order valence-electron chi connectivity index (χ4n) is 3.98. The molecule has 162 valence electrons. The van der Waals surface area contributed by atoms with Crippen LogP contribution in [0.1, 0.15) is 5.56 Å². The number of aromatic nitrogens is 3. The van der Waals surface area contributed by atoms with Gasteiger partial charge in [0, 0.05) is 29.8 Å². The average Bonchev–Trinajstić information content (AvgIpc) is 3.26. The molecule has 0 fully saturated rings. The van der Waals surface area contributed by atoms with Crippen molar-refractivity contribution in [3.05, 3.63) is 106 Å². The van der Waals surface area contributed by atoms with Gasteiger partial charge in [0.2, 0.25) is 0 Å². The molecule has 0 spiro atoms. The average molecular weight is 458 g/mol. The smallest absolute Gasteiger partial charge is 0.295 e. The van der Waals surface area contributed by atoms with Crippen LogP contribution in [0.4, 0.5) is 5.69 Å². The molecule has 2 amide bonds. The molecule has 7 nitrogen and oxygen atoms in total. The summed E-state index contributed by atoms with van der Waals surface area (Å²) in [4.78, 5) is 41.7. The third-order valence-corrected chi connectivity index (χ3v) is 5.70. The minimum atomic E-state index is -0.595. The summed E-state index contributed by atoms with van der Waals surface area (Å²) in [6, 6.07) is 21.0. The summed E-state index contributed by atoms with van der Waals surface area (Å²) in [6.45, 7) is 0. The molecule has 0 radical (unpaired) electrons. The van der Waals surface area contributed by atoms with E-state index in [4.69, 9.17) is 11.6 Å². The number of nitrogens with one attached hydrogen (secondary N) is 1. The van der Waals surface area contributed by atoms with Gasteiger partial charge < -0.3 is 0 Å². The second-order valence-electron chi connectivity index (χ2n) is 7.52. The number of halogens is 1. The van der Waals surface area contributed by atoms with Gasteiger partial charge in [-0.2, -0.15) is 4.57 Å². The summed E-state index contributed by atoms with van der Waals surface area (Å²) in [5.41, 5.74) is 1.35. The van der Waals surface area contributed by atoms with Gasteiger partial charge in [0.05, 0.1) is 16.9 Å². The summed E-state index contributed by atoms with van der Waals surface area (Å²) in [5, 5.41) is 3.42. The van der Waals surface area contributed by atoms with Gasteiger partial charge in [-0.1, -0.05) is 54.1 Å². The van der Waals surface area contributed by atoms with Crippen LogP contribution in [0.15, 0.2) is 90.0 Å². The first kappa shape index (κ1) is 20.7. The number of imide groups is 1. The lowest BCUT2D eigenvalue weighted by Gasteiger charge is -2.14. The van der Waals surface area contributed by atoms with E-state index in [1.165, 1.54) is 4.68 Å². The number of carbonyl (C=O) groups is 2. The van der Waals surface area contributed by atoms with Gasteiger partial charge in [-0.3, -0.25) is 24.2 Å². The first-order valence-electron chi connectivity index (χ1n) is 10.2. The third kappa shape index (κ3) is 3.39. The maximum absolute atomic E-state index is 13.8. The number of carbonyl (C=O) groups excluding carboxylic acids is 2. The number of amides is 2. The highest BCUT2D eigenvalue weighted by molar-refractivity contribution is 6.53. The Labute approximate surface area is 193 Å². The van der Waals surface area contributed by atoms with Crippen molar-refractivity contribution in [3.8, 4) is 11.3 Å². The van der Waals surface area contributed by atoms with Gasteiger partial charge >= 0.3 is 5.91 Å². The summed E-state index contributed by atoms with van der Waals surface area (Å²) in [7, 11) is 1.57. The minimum Gasteiger partial charge on any atom is -0.295 e. The summed E-state index contributed by atoms with van der Waals surface area (Å²) >= 11 is 6.13. The van der Waals surface area contributed by atoms with E-state index >= 15 is 0 Å². The highest BCUT2D eigenvalue weighted by Crippen LogP contribution is 2.36. The molecular formula is C25H18ClN4O3+. The number of nitrogens with zero attached hydrogens (tertiary/aromatic N) is 3. The Morgan fingerprint density at radius 1 is 0.848 bits per heavy atom. The number of rotatable bonds is 4. The molecule has 5 rings (SSSR count). The molecule has 1 aliphatic rings. The summed E-state index contributed by atoms with van der Waals surface area (Å²) < 4.78 is 2.86. The van der Waals surface area contributed by atoms with E-state index in [0.29, 0.717) is 16.4 Å². The highest BCUT2D eigenvalue weighted by atomic mass is 35.5. The summed E-state index contributed by atoms with van der Waals surface area (Å²) in [6.07, 6.45) is 3.34. The van der Waals surface area contributed by atoms with Crippen molar-refractivity contribution in [1.82, 2.24) is 9.78 Å². The van der Waals surface area contributed by atoms with Crippen LogP contribution >= 0.6 is 11.6 Å². The number of hydrogen-bond acceptors (Lipinski definition) is 3. The Hall–Kier alpha value is -4.23. The Kier molecular flexibility index (Phi) is 5.03. The fourth-order valence-corrected chi connectivity index (χ4v) is 4.16. The van der Waals surface area contributed by atoms with Crippen LogP contribution in [0.25, 0.3) is 22.5 Å². The van der Waals surface area contributed by atoms with E-state index in [1.54, 1.807) is 66.5 Å². The predicted octanol–water partition coefficient (Wildman–Crippen LogP) is 3.26. The van der Waals surface area contributed by atoms with Gasteiger partial charge in [-0.05, 0) is 18.2 Å². The number of hydrogen-bond donors (Lipinski definition) is 1. The lowest BCUT2D eigenvalue weighted by Crippen LogP contribution is -2.39. The van der Waals surface area contributed by atoms with Crippen LogP contribution in [-0.4, -0.2) is 21.6 Å². The normalized spacial score (nSPS) is 13.8. The first-order chi connectivity index (χ1) is 16.0. The van der Waals surface area contributed by atoms with Gasteiger partial charge in [0.25, 0.3) is 17.2 Å². The zero-order valence-corrected chi connectivity index (χ0v) is 18.3. The van der Waals surface area contributed by atoms with E-state index in [9.17, 15) is 14.4 Å². The molecule has 8 heteroatoms. The maximum atomic E-state index is 13.8. The number of pyridine rings is 1. The highest BCUT2D eigenvalue weighted by Gasteiger charge is 2.48. The Bertz CT molecular complexity index is 1490. The molecule has 1 aliphatic heterocycles. The zero-order valence-electron chi connectivity index (χ0n) is 17.5. The lowest BCUT2D eigenvalue weighted by atomic mass is 10.0. The molecule has 0 unspecified atom stereocenters. The molecule has 2 aromatic carbocycles. The van der Waals surface area contributed by atoms with Crippen molar-refractivity contribution in [3.63, 3.8) is 0 Å². The second-order valence-corrected chi connectivity index (χ2v) is 7.96. The number of aromatic amines is 1. The lowest BCUT2D eigenvalue weighted by molar-refractivity contribution is -0.576. The first-order valence-corrected chi connectivity index (χ1v) is 10.5. The van der Waals surface area contributed by atoms with E-state index in [-0.39, 0.29) is 16.8 Å². The van der Waals surface area contributed by atoms with Crippen LogP contribution in [0.3, 0.4) is 0 Å². The van der Waals surface area contributed by atoms with Crippen molar-refractivity contribution in [2.24, 2.45) is 7.05 Å². The van der Waals surface area contributed by atoms with Gasteiger partial charge in [-0.25, -0.2) is 4.90 Å². The number of benzene rings is 2. The number of H-pyrrole nitrogens is 1. The molecule has 2 aromatic heterocycles. The van der Waals surface area contributed by atoms with Gasteiger partial charge in [-0.15, -0.1) is 0 Å². The number of aryl methyl sites for hydroxylation is 1. The van der Waals surface area contributed by atoms with E-state index in [1.807, 2.05) is 30.3 Å². The number of anilines is 1. The van der Waals surface area contributed by atoms with Crippen LogP contribution in [0, 0.1) is 0 Å². The van der Waals surface area contributed by atoms with Crippen LogP contribution in [-0.2, 0) is 16.6 Å². The second kappa shape index (κ2) is 8.03. The molecule has 4 aromatic rings. The van der Waals surface area contributed by atoms with Crippen molar-refractivity contribution >= 4 is 40.4 Å². The van der Waals surface area contributed by atoms with Crippen molar-refractivity contribution in [1.29, 1.82) is 0 Å². The monoisotopic (exact) mass is 457 g/mol. The van der Waals surface area contributed by atoms with E-state index < -0.39 is 17.4 Å². The van der Waals surface area contributed by atoms with Crippen molar-refractivity contribution < 1.29 is 14.2 Å². The largest absolute Gasteiger partial charge is 0.331 e. The Morgan fingerprint density at radius 3 is 2.24 bits per heavy atom. The van der Waals surface area contributed by atoms with Crippen LogP contribution in [0.2, 0.25) is 5.02 Å². The molecule has 33 heavy (non-hydrogen) atoms. The molecule has 3 heterocycles. The SMILES string of the molecule is Cn1[nH]c(-c2ccccc2)c(C2=C([n+]3ccccc3)C(=O)N(c3cccc(Cl)c3)C2=O)c1=O. The molecule has 1 N–H and O–H groups in total. The zero-order chi connectivity index (χ0) is 23.1. The van der Waals surface area contributed by atoms with Crippen molar-refractivity contribution in [2.45, 2.75) is 0 Å². The molecule has 0 saturated heterocycles. The topological polar surface area (TPSA) is 79.1 Å². The van der Waals surface area contributed by atoms with Gasteiger partial charge in [0.15, 0.2) is 12.4 Å². The molecule has 0 atom stereocenters. The van der Waals surface area contributed by atoms with Crippen LogP contribution < -0.4 is 15.0 Å². The standard InChI is InChI=1S/C25H17ClN4O3/c1-28-23(31)19(21(27-28)16-9-4-2-5-10-16)20-22(29-13-6-3-7-14-29)25(33)30(24(20)32)18-12-8-11-17(26)15-18/h2-15H,1H3/p+1. The molecule has 0 aliphatic carbocycles. The predicted molar refractivity (Wildman–Crippen MR) is 125 cm³/mol. The molecular weight excluding hydrogens is 440 g/mol. The third-order valence-electron chi connectivity index (χ3n) is 5.46. The molecule has 0 bridgehead atoms. The Morgan fingerprint density at radius 2 is 1.55 bits per heavy atom. The minimum absolute atomic E-state index is 0.0249. The van der Waals surface area contributed by atoms with Gasteiger partial charge in [0.1, 0.15) is 5.57 Å². The summed E-state index contributed by atoms with van der Waals surface area (Å²) in [5.74, 6) is -1.14. The quantitative estimate of drug-likeness (QED) is 0.377. The van der Waals surface area contributed by atoms with Crippen molar-refractivity contribution in [2.75, 3.05) is 4.90 Å². The Balaban J connectivity index is 1.81. The molecule has 0 saturated carbocycles. The maximum Gasteiger partial charge on any atom is 0.331 e. The van der Waals surface area contributed by atoms with Crippen LogP contribution in [0.5, 0.6) is 0 Å². The van der Waals surface area contributed by atoms with E-state index in [2.05, 4.69) is 5.10 Å². The fraction of sp³-hybridized carbons (Fsp3) is 0.0400.